The van der Waals surface area contributed by atoms with Gasteiger partial charge in [0.15, 0.2) is 17.2 Å². The first-order valence-electron chi connectivity index (χ1n) is 12.8. The molecule has 1 aromatic carbocycles. The van der Waals surface area contributed by atoms with Crippen molar-refractivity contribution in [3.05, 3.63) is 23.0 Å². The number of carboxylic acid groups (broad SMARTS) is 1. The Kier molecular flexibility index (Phi) is 9.17. The van der Waals surface area contributed by atoms with Gasteiger partial charge in [0.2, 0.25) is 0 Å². The molecule has 0 aromatic heterocycles. The molecule has 0 saturated carbocycles. The second-order valence-corrected chi connectivity index (χ2v) is 10.4. The van der Waals surface area contributed by atoms with Crippen molar-refractivity contribution in [2.24, 2.45) is 0 Å². The number of fused-ring (bicyclic) bond motifs is 1. The molecular formula is C26H36F3N3O6. The molecule has 1 N–H and O–H groups in total. The van der Waals surface area contributed by atoms with Gasteiger partial charge in [-0.3, -0.25) is 9.59 Å². The van der Waals surface area contributed by atoms with E-state index >= 15 is 4.39 Å². The second kappa shape index (κ2) is 11.8. The molecule has 38 heavy (non-hydrogen) atoms. The Bertz CT molecular complexity index is 1070. The number of rotatable bonds is 9. The third kappa shape index (κ3) is 5.84. The molecule has 2 aliphatic heterocycles. The number of amides is 3. The van der Waals surface area contributed by atoms with Crippen LogP contribution in [-0.4, -0.2) is 83.8 Å². The predicted molar refractivity (Wildman–Crippen MR) is 133 cm³/mol. The normalized spacial score (nSPS) is 19.0. The van der Waals surface area contributed by atoms with E-state index in [0.29, 0.717) is 38.8 Å². The standard InChI is InChI=1S/C26H36F3N3O6/c1-15(2)32(16-9-8-10-30(14-16)25(35)36)23(33)17-13-18-21(20(27)19(17)22(28)29)38-26(3,4)24(34)31(18)11-6-7-12-37-5/h13,15-16,22H,6-12,14H2,1-5H3,(H,35,36)/t16-/m1/s1. The van der Waals surface area contributed by atoms with Gasteiger partial charge < -0.3 is 29.3 Å². The van der Waals surface area contributed by atoms with Crippen LogP contribution in [0.1, 0.15) is 75.7 Å². The molecule has 212 valence electrons. The van der Waals surface area contributed by atoms with E-state index in [4.69, 9.17) is 9.47 Å². The van der Waals surface area contributed by atoms with Gasteiger partial charge in [-0.1, -0.05) is 0 Å². The van der Waals surface area contributed by atoms with E-state index < -0.39 is 64.7 Å². The third-order valence-electron chi connectivity index (χ3n) is 6.93. The van der Waals surface area contributed by atoms with Gasteiger partial charge in [0, 0.05) is 39.4 Å². The molecule has 2 aliphatic rings. The number of carbonyl (C=O) groups is 3. The monoisotopic (exact) mass is 543 g/mol. The maximum absolute atomic E-state index is 15.8. The van der Waals surface area contributed by atoms with Gasteiger partial charge in [0.05, 0.1) is 22.9 Å². The number of alkyl halides is 2. The third-order valence-corrected chi connectivity index (χ3v) is 6.93. The van der Waals surface area contributed by atoms with Crippen LogP contribution in [0.3, 0.4) is 0 Å². The fraction of sp³-hybridized carbons (Fsp3) is 0.654. The van der Waals surface area contributed by atoms with Crippen LogP contribution in [0.25, 0.3) is 0 Å². The highest BCUT2D eigenvalue weighted by molar-refractivity contribution is 6.05. The van der Waals surface area contributed by atoms with Crippen molar-refractivity contribution in [3.8, 4) is 5.75 Å². The average molecular weight is 544 g/mol. The lowest BCUT2D eigenvalue weighted by Crippen LogP contribution is -2.54. The number of nitrogens with zero attached hydrogens (tertiary/aromatic N) is 3. The molecular weight excluding hydrogens is 507 g/mol. The quantitative estimate of drug-likeness (QED) is 0.454. The van der Waals surface area contributed by atoms with Crippen molar-refractivity contribution in [2.45, 2.75) is 77.5 Å². The Balaban J connectivity index is 2.11. The Morgan fingerprint density at radius 1 is 1.29 bits per heavy atom. The molecule has 2 heterocycles. The van der Waals surface area contributed by atoms with E-state index in [9.17, 15) is 28.3 Å². The lowest BCUT2D eigenvalue weighted by molar-refractivity contribution is -0.132. The van der Waals surface area contributed by atoms with Gasteiger partial charge in [-0.2, -0.15) is 0 Å². The molecule has 9 nitrogen and oxygen atoms in total. The number of halogens is 3. The molecule has 0 unspecified atom stereocenters. The van der Waals surface area contributed by atoms with Gasteiger partial charge in [-0.25, -0.2) is 18.0 Å². The number of hydrogen-bond donors (Lipinski definition) is 1. The van der Waals surface area contributed by atoms with Gasteiger partial charge >= 0.3 is 6.09 Å². The second-order valence-electron chi connectivity index (χ2n) is 10.4. The Labute approximate surface area is 220 Å². The largest absolute Gasteiger partial charge is 0.473 e. The smallest absolute Gasteiger partial charge is 0.407 e. The van der Waals surface area contributed by atoms with E-state index in [1.54, 1.807) is 21.0 Å². The minimum Gasteiger partial charge on any atom is -0.473 e. The molecule has 1 atom stereocenters. The highest BCUT2D eigenvalue weighted by atomic mass is 19.3. The van der Waals surface area contributed by atoms with Crippen LogP contribution in [0.15, 0.2) is 6.07 Å². The number of likely N-dealkylation sites (tertiary alicyclic amines) is 1. The summed E-state index contributed by atoms with van der Waals surface area (Å²) in [7, 11) is 1.54. The van der Waals surface area contributed by atoms with E-state index in [0.717, 1.165) is 6.07 Å². The van der Waals surface area contributed by atoms with Crippen LogP contribution >= 0.6 is 0 Å². The Morgan fingerprint density at radius 3 is 2.55 bits per heavy atom. The fourth-order valence-corrected chi connectivity index (χ4v) is 5.11. The maximum atomic E-state index is 15.8. The SMILES string of the molecule is COCCCCN1C(=O)C(C)(C)Oc2c1cc(C(=O)N(C(C)C)[C@@H]1CCCN(C(=O)O)C1)c(C(F)F)c2F. The first-order chi connectivity index (χ1) is 17.8. The minimum atomic E-state index is -3.34. The van der Waals surface area contributed by atoms with E-state index in [2.05, 4.69) is 0 Å². The van der Waals surface area contributed by atoms with Crippen LogP contribution in [0.2, 0.25) is 0 Å². The van der Waals surface area contributed by atoms with Gasteiger partial charge in [0.25, 0.3) is 18.2 Å². The summed E-state index contributed by atoms with van der Waals surface area (Å²) in [6.45, 7) is 7.13. The summed E-state index contributed by atoms with van der Waals surface area (Å²) in [5.41, 5.74) is -3.27. The highest BCUT2D eigenvalue weighted by Gasteiger charge is 2.45. The van der Waals surface area contributed by atoms with Crippen LogP contribution in [0.4, 0.5) is 23.7 Å². The van der Waals surface area contributed by atoms with Crippen LogP contribution in [0, 0.1) is 5.82 Å². The van der Waals surface area contributed by atoms with Gasteiger partial charge in [0.1, 0.15) is 0 Å². The average Bonchev–Trinajstić information content (AvgIpc) is 2.84. The Morgan fingerprint density at radius 2 is 1.97 bits per heavy atom. The van der Waals surface area contributed by atoms with E-state index in [1.807, 2.05) is 0 Å². The summed E-state index contributed by atoms with van der Waals surface area (Å²) >= 11 is 0. The summed E-state index contributed by atoms with van der Waals surface area (Å²) in [5, 5.41) is 9.43. The zero-order valence-corrected chi connectivity index (χ0v) is 22.4. The molecule has 0 bridgehead atoms. The van der Waals surface area contributed by atoms with Crippen molar-refractivity contribution < 1.29 is 42.1 Å². The summed E-state index contributed by atoms with van der Waals surface area (Å²) in [5.74, 6) is -3.23. The van der Waals surface area contributed by atoms with Crippen molar-refractivity contribution in [2.75, 3.05) is 38.3 Å². The molecule has 0 spiro atoms. The molecule has 12 heteroatoms. The summed E-state index contributed by atoms with van der Waals surface area (Å²) in [6.07, 6.45) is -2.44. The number of hydrogen-bond acceptors (Lipinski definition) is 5. The topological polar surface area (TPSA) is 99.6 Å². The van der Waals surface area contributed by atoms with Crippen molar-refractivity contribution in [1.82, 2.24) is 9.80 Å². The number of benzene rings is 1. The maximum Gasteiger partial charge on any atom is 0.407 e. The minimum absolute atomic E-state index is 0.0120. The summed E-state index contributed by atoms with van der Waals surface area (Å²) in [4.78, 5) is 42.4. The van der Waals surface area contributed by atoms with Gasteiger partial charge in [-0.15, -0.1) is 0 Å². The van der Waals surface area contributed by atoms with Crippen molar-refractivity contribution >= 4 is 23.6 Å². The summed E-state index contributed by atoms with van der Waals surface area (Å²) < 4.78 is 55.0. The molecule has 0 aliphatic carbocycles. The van der Waals surface area contributed by atoms with E-state index in [-0.39, 0.29) is 18.8 Å². The van der Waals surface area contributed by atoms with Crippen LogP contribution < -0.4 is 9.64 Å². The van der Waals surface area contributed by atoms with E-state index in [1.165, 1.54) is 28.5 Å². The number of piperidine rings is 1. The van der Waals surface area contributed by atoms with Gasteiger partial charge in [-0.05, 0) is 59.4 Å². The highest BCUT2D eigenvalue weighted by Crippen LogP contribution is 2.45. The number of methoxy groups -OCH3 is 1. The molecule has 0 radical (unpaired) electrons. The number of carbonyl (C=O) groups excluding carboxylic acids is 2. The lowest BCUT2D eigenvalue weighted by atomic mass is 9.96. The van der Waals surface area contributed by atoms with Crippen molar-refractivity contribution in [3.63, 3.8) is 0 Å². The number of unbranched alkanes of at least 4 members (excludes halogenated alkanes) is 1. The zero-order chi connectivity index (χ0) is 28.4. The molecule has 1 fully saturated rings. The van der Waals surface area contributed by atoms with Crippen LogP contribution in [-0.2, 0) is 9.53 Å². The number of ether oxygens (including phenoxy) is 2. The number of anilines is 1. The molecule has 1 saturated heterocycles. The predicted octanol–water partition coefficient (Wildman–Crippen LogP) is 4.69. The molecule has 3 rings (SSSR count). The van der Waals surface area contributed by atoms with Crippen molar-refractivity contribution in [1.29, 1.82) is 0 Å². The molecule has 3 amide bonds. The first-order valence-corrected chi connectivity index (χ1v) is 12.8. The van der Waals surface area contributed by atoms with Crippen LogP contribution in [0.5, 0.6) is 5.75 Å². The fourth-order valence-electron chi connectivity index (χ4n) is 5.11. The molecule has 1 aromatic rings. The zero-order valence-electron chi connectivity index (χ0n) is 22.4. The Hall–Kier alpha value is -3.02. The lowest BCUT2D eigenvalue weighted by Gasteiger charge is -2.42. The summed E-state index contributed by atoms with van der Waals surface area (Å²) in [6, 6.07) is 0.0329. The first kappa shape index (κ1) is 29.5.